The van der Waals surface area contributed by atoms with E-state index in [1.807, 2.05) is 6.07 Å². The van der Waals surface area contributed by atoms with E-state index < -0.39 is 5.79 Å². The van der Waals surface area contributed by atoms with Crippen molar-refractivity contribution < 1.29 is 9.47 Å². The van der Waals surface area contributed by atoms with E-state index in [-0.39, 0.29) is 6.10 Å². The monoisotopic (exact) mass is 248 g/mol. The molecule has 1 aromatic rings. The lowest BCUT2D eigenvalue weighted by Gasteiger charge is -2.23. The number of likely N-dealkylation sites (tertiary alicyclic amines) is 1. The van der Waals surface area contributed by atoms with Gasteiger partial charge in [0, 0.05) is 26.1 Å². The van der Waals surface area contributed by atoms with Crippen LogP contribution in [0, 0.1) is 0 Å². The highest BCUT2D eigenvalue weighted by molar-refractivity contribution is 5.14. The minimum atomic E-state index is -0.390. The molecule has 2 unspecified atom stereocenters. The van der Waals surface area contributed by atoms with Crippen LogP contribution in [0.4, 0.5) is 0 Å². The Morgan fingerprint density at radius 2 is 2.17 bits per heavy atom. The third-order valence-electron chi connectivity index (χ3n) is 3.70. The van der Waals surface area contributed by atoms with Gasteiger partial charge in [0.15, 0.2) is 5.79 Å². The highest BCUT2D eigenvalue weighted by Crippen LogP contribution is 2.33. The molecule has 0 aliphatic carbocycles. The predicted molar refractivity (Wildman–Crippen MR) is 68.9 cm³/mol. The van der Waals surface area contributed by atoms with E-state index in [0.717, 1.165) is 26.1 Å². The molecule has 0 aromatic heterocycles. The van der Waals surface area contributed by atoms with Crippen molar-refractivity contribution in [3.8, 4) is 0 Å². The fourth-order valence-corrected chi connectivity index (χ4v) is 2.75. The molecule has 2 fully saturated rings. The smallest absolute Gasteiger partial charge is 0.182 e. The Bertz CT molecular complexity index is 398. The fourth-order valence-electron chi connectivity index (χ4n) is 2.75. The summed E-state index contributed by atoms with van der Waals surface area (Å²) < 4.78 is 11.8. The van der Waals surface area contributed by atoms with Gasteiger partial charge in [-0.1, -0.05) is 30.3 Å². The van der Waals surface area contributed by atoms with Gasteiger partial charge in [0.05, 0.1) is 19.3 Å². The Balaban J connectivity index is 1.59. The van der Waals surface area contributed by atoms with Crippen molar-refractivity contribution in [1.82, 2.24) is 4.90 Å². The van der Waals surface area contributed by atoms with Gasteiger partial charge in [-0.25, -0.2) is 0 Å². The summed E-state index contributed by atoms with van der Waals surface area (Å²) in [5, 5.41) is 0. The van der Waals surface area contributed by atoms with Gasteiger partial charge < -0.3 is 15.2 Å². The number of ether oxygens (including phenoxy) is 2. The number of rotatable bonds is 3. The normalized spacial score (nSPS) is 32.4. The summed E-state index contributed by atoms with van der Waals surface area (Å²) in [4.78, 5) is 2.38. The topological polar surface area (TPSA) is 47.7 Å². The van der Waals surface area contributed by atoms with Crippen molar-refractivity contribution in [2.75, 3.05) is 26.2 Å². The first kappa shape index (κ1) is 12.1. The second kappa shape index (κ2) is 4.97. The van der Waals surface area contributed by atoms with Crippen LogP contribution >= 0.6 is 0 Å². The summed E-state index contributed by atoms with van der Waals surface area (Å²) in [6.45, 7) is 4.00. The first-order valence-electron chi connectivity index (χ1n) is 6.58. The van der Waals surface area contributed by atoms with Crippen molar-refractivity contribution in [1.29, 1.82) is 0 Å². The van der Waals surface area contributed by atoms with Crippen LogP contribution in [0.5, 0.6) is 0 Å². The molecule has 0 saturated carbocycles. The average Bonchev–Trinajstić information content (AvgIpc) is 2.99. The molecule has 0 radical (unpaired) electrons. The second-order valence-electron chi connectivity index (χ2n) is 5.14. The molecule has 1 spiro atoms. The molecule has 18 heavy (non-hydrogen) atoms. The molecule has 1 aromatic carbocycles. The Kier molecular flexibility index (Phi) is 3.35. The highest BCUT2D eigenvalue weighted by atomic mass is 16.7. The van der Waals surface area contributed by atoms with Gasteiger partial charge in [-0.15, -0.1) is 0 Å². The molecular weight excluding hydrogens is 228 g/mol. The van der Waals surface area contributed by atoms with Crippen LogP contribution < -0.4 is 5.73 Å². The molecule has 2 aliphatic rings. The summed E-state index contributed by atoms with van der Waals surface area (Å²) in [6.07, 6.45) is 1.01. The third kappa shape index (κ3) is 2.42. The number of benzene rings is 1. The minimum absolute atomic E-state index is 0.0710. The Morgan fingerprint density at radius 3 is 2.89 bits per heavy atom. The molecule has 2 N–H and O–H groups in total. The van der Waals surface area contributed by atoms with E-state index in [0.29, 0.717) is 13.2 Å². The largest absolute Gasteiger partial charge is 0.346 e. The third-order valence-corrected chi connectivity index (χ3v) is 3.70. The number of nitrogens with two attached hydrogens (primary N) is 1. The fraction of sp³-hybridized carbons (Fsp3) is 0.571. The van der Waals surface area contributed by atoms with Crippen LogP contribution in [-0.4, -0.2) is 43.0 Å². The second-order valence-corrected chi connectivity index (χ2v) is 5.14. The molecule has 2 saturated heterocycles. The first-order valence-corrected chi connectivity index (χ1v) is 6.58. The quantitative estimate of drug-likeness (QED) is 0.865. The molecule has 3 rings (SSSR count). The molecule has 0 bridgehead atoms. The Hall–Kier alpha value is -0.940. The maximum Gasteiger partial charge on any atom is 0.182 e. The minimum Gasteiger partial charge on any atom is -0.346 e. The van der Waals surface area contributed by atoms with Crippen molar-refractivity contribution in [2.24, 2.45) is 5.73 Å². The number of hydrogen-bond donors (Lipinski definition) is 1. The molecule has 4 nitrogen and oxygen atoms in total. The van der Waals surface area contributed by atoms with Crippen molar-refractivity contribution in [2.45, 2.75) is 24.9 Å². The van der Waals surface area contributed by atoms with Gasteiger partial charge in [0.25, 0.3) is 0 Å². The van der Waals surface area contributed by atoms with Gasteiger partial charge in [0.1, 0.15) is 0 Å². The Morgan fingerprint density at radius 1 is 1.33 bits per heavy atom. The van der Waals surface area contributed by atoms with E-state index in [4.69, 9.17) is 15.2 Å². The zero-order valence-electron chi connectivity index (χ0n) is 10.5. The van der Waals surface area contributed by atoms with Gasteiger partial charge >= 0.3 is 0 Å². The molecule has 2 aliphatic heterocycles. The van der Waals surface area contributed by atoms with Crippen LogP contribution in [-0.2, 0) is 16.0 Å². The van der Waals surface area contributed by atoms with Gasteiger partial charge in [-0.2, -0.15) is 0 Å². The summed E-state index contributed by atoms with van der Waals surface area (Å²) >= 11 is 0. The molecular formula is C14H20N2O2. The summed E-state index contributed by atoms with van der Waals surface area (Å²) in [6, 6.07) is 10.5. The SMILES string of the molecule is NCC1COC2(CCN(Cc3ccccc3)C2)O1. The van der Waals surface area contributed by atoms with Crippen LogP contribution in [0.15, 0.2) is 30.3 Å². The predicted octanol–water partition coefficient (Wildman–Crippen LogP) is 0.963. The van der Waals surface area contributed by atoms with E-state index in [1.165, 1.54) is 5.56 Å². The van der Waals surface area contributed by atoms with Gasteiger partial charge in [0.2, 0.25) is 0 Å². The zero-order chi connectivity index (χ0) is 12.4. The van der Waals surface area contributed by atoms with E-state index in [1.54, 1.807) is 0 Å². The number of nitrogens with zero attached hydrogens (tertiary/aromatic N) is 1. The maximum absolute atomic E-state index is 5.94. The van der Waals surface area contributed by atoms with Crippen LogP contribution in [0.2, 0.25) is 0 Å². The standard InChI is InChI=1S/C14H20N2O2/c15-8-13-10-17-14(18-13)6-7-16(11-14)9-12-4-2-1-3-5-12/h1-5,13H,6-11,15H2. The lowest BCUT2D eigenvalue weighted by atomic mass is 10.2. The van der Waals surface area contributed by atoms with Gasteiger partial charge in [-0.3, -0.25) is 4.90 Å². The van der Waals surface area contributed by atoms with Gasteiger partial charge in [-0.05, 0) is 5.56 Å². The average molecular weight is 248 g/mol. The van der Waals surface area contributed by atoms with Crippen molar-refractivity contribution >= 4 is 0 Å². The Labute approximate surface area is 108 Å². The lowest BCUT2D eigenvalue weighted by molar-refractivity contribution is -0.156. The van der Waals surface area contributed by atoms with E-state index >= 15 is 0 Å². The van der Waals surface area contributed by atoms with Crippen LogP contribution in [0.3, 0.4) is 0 Å². The maximum atomic E-state index is 5.94. The highest BCUT2D eigenvalue weighted by Gasteiger charge is 2.46. The molecule has 2 atom stereocenters. The number of hydrogen-bond acceptors (Lipinski definition) is 4. The first-order chi connectivity index (χ1) is 8.80. The zero-order valence-corrected chi connectivity index (χ0v) is 10.5. The lowest BCUT2D eigenvalue weighted by Crippen LogP contribution is -2.35. The van der Waals surface area contributed by atoms with E-state index in [9.17, 15) is 0 Å². The molecule has 2 heterocycles. The summed E-state index contributed by atoms with van der Waals surface area (Å²) in [7, 11) is 0. The summed E-state index contributed by atoms with van der Waals surface area (Å²) in [5.74, 6) is -0.390. The van der Waals surface area contributed by atoms with Crippen molar-refractivity contribution in [3.05, 3.63) is 35.9 Å². The molecule has 98 valence electrons. The summed E-state index contributed by atoms with van der Waals surface area (Å²) in [5.41, 5.74) is 6.96. The van der Waals surface area contributed by atoms with Crippen LogP contribution in [0.25, 0.3) is 0 Å². The van der Waals surface area contributed by atoms with E-state index in [2.05, 4.69) is 29.2 Å². The van der Waals surface area contributed by atoms with Crippen molar-refractivity contribution in [3.63, 3.8) is 0 Å². The van der Waals surface area contributed by atoms with Crippen LogP contribution in [0.1, 0.15) is 12.0 Å². The molecule has 4 heteroatoms. The molecule has 0 amide bonds.